The lowest BCUT2D eigenvalue weighted by Crippen LogP contribution is -2.31. The van der Waals surface area contributed by atoms with Crippen LogP contribution in [0.15, 0.2) is 72.7 Å². The van der Waals surface area contributed by atoms with Gasteiger partial charge in [0.15, 0.2) is 0 Å². The van der Waals surface area contributed by atoms with Crippen molar-refractivity contribution in [1.82, 2.24) is 14.9 Å². The molecule has 4 rings (SSSR count). The van der Waals surface area contributed by atoms with Crippen LogP contribution in [0.25, 0.3) is 6.08 Å². The number of rotatable bonds is 9. The number of hydrogen-bond donors (Lipinski definition) is 1. The van der Waals surface area contributed by atoms with E-state index in [1.807, 2.05) is 24.3 Å². The molecule has 7 heteroatoms. The number of benzene rings is 2. The van der Waals surface area contributed by atoms with Crippen molar-refractivity contribution >= 4 is 46.9 Å². The first kappa shape index (κ1) is 24.6. The van der Waals surface area contributed by atoms with Crippen LogP contribution in [0.3, 0.4) is 0 Å². The van der Waals surface area contributed by atoms with E-state index in [1.165, 1.54) is 5.56 Å². The lowest BCUT2D eigenvalue weighted by atomic mass is 10.0. The first-order valence-electron chi connectivity index (χ1n) is 11.3. The number of anilines is 1. The number of aromatic nitrogens is 2. The van der Waals surface area contributed by atoms with Crippen LogP contribution in [0, 0.1) is 0 Å². The summed E-state index contributed by atoms with van der Waals surface area (Å²) < 4.78 is 0. The van der Waals surface area contributed by atoms with Crippen molar-refractivity contribution in [2.45, 2.75) is 25.6 Å². The third-order valence-corrected chi connectivity index (χ3v) is 7.56. The van der Waals surface area contributed by atoms with Crippen molar-refractivity contribution in [3.05, 3.63) is 105 Å². The monoisotopic (exact) mass is 510 g/mol. The Morgan fingerprint density at radius 2 is 1.88 bits per heavy atom. The van der Waals surface area contributed by atoms with Crippen LogP contribution in [0.5, 0.6) is 0 Å². The molecule has 1 N–H and O–H groups in total. The van der Waals surface area contributed by atoms with E-state index in [4.69, 9.17) is 23.2 Å². The number of nitrogens with zero attached hydrogens (tertiary/aromatic N) is 3. The Morgan fingerprint density at radius 1 is 1.12 bits per heavy atom. The Labute approximate surface area is 216 Å². The van der Waals surface area contributed by atoms with Crippen molar-refractivity contribution in [2.75, 3.05) is 24.2 Å². The van der Waals surface area contributed by atoms with Crippen LogP contribution >= 0.6 is 35.0 Å². The van der Waals surface area contributed by atoms with Gasteiger partial charge in [-0.2, -0.15) is 11.8 Å². The molecule has 1 aromatic heterocycles. The number of fused-ring (bicyclic) bond motifs is 1. The van der Waals surface area contributed by atoms with E-state index in [0.717, 1.165) is 81.5 Å². The molecule has 0 saturated heterocycles. The fourth-order valence-corrected chi connectivity index (χ4v) is 5.54. The molecule has 0 aliphatic carbocycles. The lowest BCUT2D eigenvalue weighted by molar-refractivity contribution is 0.326. The van der Waals surface area contributed by atoms with Crippen LogP contribution < -0.4 is 5.32 Å². The highest BCUT2D eigenvalue weighted by Crippen LogP contribution is 2.29. The molecule has 2 heterocycles. The molecule has 0 atom stereocenters. The predicted molar refractivity (Wildman–Crippen MR) is 146 cm³/mol. The van der Waals surface area contributed by atoms with Gasteiger partial charge in [0.25, 0.3) is 0 Å². The molecule has 0 amide bonds. The third-order valence-electron chi connectivity index (χ3n) is 5.87. The minimum atomic E-state index is 0.717. The fourth-order valence-electron chi connectivity index (χ4n) is 3.94. The van der Waals surface area contributed by atoms with E-state index in [-0.39, 0.29) is 0 Å². The van der Waals surface area contributed by atoms with Crippen molar-refractivity contribution in [1.29, 1.82) is 0 Å². The highest BCUT2D eigenvalue weighted by Gasteiger charge is 2.22. The first-order chi connectivity index (χ1) is 16.5. The maximum absolute atomic E-state index is 6.28. The average molecular weight is 512 g/mol. The van der Waals surface area contributed by atoms with Crippen LogP contribution in [0.1, 0.15) is 29.3 Å². The summed E-state index contributed by atoms with van der Waals surface area (Å²) in [4.78, 5) is 11.4. The normalized spacial score (nSPS) is 13.5. The van der Waals surface area contributed by atoms with Gasteiger partial charge in [-0.3, -0.25) is 0 Å². The maximum atomic E-state index is 6.28. The topological polar surface area (TPSA) is 41.1 Å². The summed E-state index contributed by atoms with van der Waals surface area (Å²) in [6.45, 7) is 8.94. The summed E-state index contributed by atoms with van der Waals surface area (Å²) in [6.07, 6.45) is 4.72. The Kier molecular flexibility index (Phi) is 8.54. The quantitative estimate of drug-likeness (QED) is 0.245. The Hall–Kier alpha value is -2.47. The standard InChI is InChI=1S/C27H28Cl2N4S/c1-19(15-21-7-4-3-5-8-21)20(2)33-13-11-26-22(16-33)27(32-18-31-26)30-12-14-34-17-23-24(28)9-6-10-25(23)29/h3-10,15,18H,2,11-14,16-17H2,1H3,(H,30,31,32)/b19-15+. The zero-order chi connectivity index (χ0) is 23.9. The molecule has 0 fully saturated rings. The Balaban J connectivity index is 1.35. The predicted octanol–water partition coefficient (Wildman–Crippen LogP) is 7.10. The largest absolute Gasteiger partial charge is 0.369 e. The molecule has 0 spiro atoms. The first-order valence-corrected chi connectivity index (χ1v) is 13.2. The van der Waals surface area contributed by atoms with Crippen molar-refractivity contribution in [2.24, 2.45) is 0 Å². The highest BCUT2D eigenvalue weighted by molar-refractivity contribution is 7.98. The summed E-state index contributed by atoms with van der Waals surface area (Å²) in [5.74, 6) is 2.60. The SMILES string of the molecule is C=C(/C(C)=C/c1ccccc1)N1CCc2ncnc(NCCSCc3c(Cl)cccc3Cl)c2C1. The molecule has 176 valence electrons. The van der Waals surface area contributed by atoms with Crippen molar-refractivity contribution < 1.29 is 0 Å². The summed E-state index contributed by atoms with van der Waals surface area (Å²) in [5.41, 5.74) is 6.64. The molecular weight excluding hydrogens is 483 g/mol. The zero-order valence-electron chi connectivity index (χ0n) is 19.2. The van der Waals surface area contributed by atoms with Crippen molar-refractivity contribution in [3.8, 4) is 0 Å². The van der Waals surface area contributed by atoms with Gasteiger partial charge in [-0.25, -0.2) is 9.97 Å². The lowest BCUT2D eigenvalue weighted by Gasteiger charge is -2.32. The number of halogens is 2. The van der Waals surface area contributed by atoms with Crippen LogP contribution in [0.4, 0.5) is 5.82 Å². The van der Waals surface area contributed by atoms with Gasteiger partial charge in [-0.05, 0) is 35.8 Å². The molecule has 4 nitrogen and oxygen atoms in total. The van der Waals surface area contributed by atoms with E-state index < -0.39 is 0 Å². The molecular formula is C27H28Cl2N4S. The molecule has 0 unspecified atom stereocenters. The van der Waals surface area contributed by atoms with Crippen LogP contribution in [-0.4, -0.2) is 33.7 Å². The van der Waals surface area contributed by atoms with Gasteiger partial charge in [-0.15, -0.1) is 0 Å². The van der Waals surface area contributed by atoms with Crippen molar-refractivity contribution in [3.63, 3.8) is 0 Å². The molecule has 34 heavy (non-hydrogen) atoms. The minimum Gasteiger partial charge on any atom is -0.369 e. The average Bonchev–Trinajstić information content (AvgIpc) is 2.85. The van der Waals surface area contributed by atoms with E-state index in [0.29, 0.717) is 0 Å². The van der Waals surface area contributed by atoms with Gasteiger partial charge < -0.3 is 10.2 Å². The number of hydrogen-bond acceptors (Lipinski definition) is 5. The number of allylic oxidation sites excluding steroid dienone is 1. The van der Waals surface area contributed by atoms with E-state index in [9.17, 15) is 0 Å². The molecule has 1 aliphatic heterocycles. The third kappa shape index (κ3) is 6.15. The number of nitrogens with one attached hydrogen (secondary N) is 1. The highest BCUT2D eigenvalue weighted by atomic mass is 35.5. The molecule has 0 radical (unpaired) electrons. The summed E-state index contributed by atoms with van der Waals surface area (Å²) in [7, 11) is 0. The minimum absolute atomic E-state index is 0.717. The van der Waals surface area contributed by atoms with Gasteiger partial charge in [0.05, 0.1) is 5.69 Å². The second kappa shape index (κ2) is 11.8. The van der Waals surface area contributed by atoms with Gasteiger partial charge in [0.2, 0.25) is 0 Å². The smallest absolute Gasteiger partial charge is 0.134 e. The van der Waals surface area contributed by atoms with Gasteiger partial charge in [0, 0.05) is 58.9 Å². The van der Waals surface area contributed by atoms with Crippen LogP contribution in [-0.2, 0) is 18.7 Å². The van der Waals surface area contributed by atoms with Gasteiger partial charge >= 0.3 is 0 Å². The zero-order valence-corrected chi connectivity index (χ0v) is 21.6. The van der Waals surface area contributed by atoms with Gasteiger partial charge in [0.1, 0.15) is 12.1 Å². The summed E-state index contributed by atoms with van der Waals surface area (Å²) in [6, 6.07) is 16.0. The molecule has 0 bridgehead atoms. The second-order valence-corrected chi connectivity index (χ2v) is 10.1. The maximum Gasteiger partial charge on any atom is 0.134 e. The molecule has 0 saturated carbocycles. The molecule has 2 aromatic carbocycles. The van der Waals surface area contributed by atoms with E-state index in [2.05, 4.69) is 64.0 Å². The van der Waals surface area contributed by atoms with Gasteiger partial charge in [-0.1, -0.05) is 72.3 Å². The Morgan fingerprint density at radius 3 is 2.65 bits per heavy atom. The Bertz CT molecular complexity index is 1160. The van der Waals surface area contributed by atoms with Crippen LogP contribution in [0.2, 0.25) is 10.0 Å². The second-order valence-electron chi connectivity index (χ2n) is 8.18. The summed E-state index contributed by atoms with van der Waals surface area (Å²) in [5, 5.41) is 4.94. The molecule has 1 aliphatic rings. The summed E-state index contributed by atoms with van der Waals surface area (Å²) >= 11 is 14.4. The number of thioether (sulfide) groups is 1. The van der Waals surface area contributed by atoms with E-state index >= 15 is 0 Å². The molecule has 3 aromatic rings. The van der Waals surface area contributed by atoms with E-state index in [1.54, 1.807) is 18.1 Å². The fraction of sp³-hybridized carbons (Fsp3) is 0.259.